The number of carbonyl (C=O) groups is 2. The van der Waals surface area contributed by atoms with E-state index in [0.29, 0.717) is 5.56 Å². The second-order valence-corrected chi connectivity index (χ2v) is 6.95. The van der Waals surface area contributed by atoms with Crippen LogP contribution in [0.5, 0.6) is 0 Å². The van der Waals surface area contributed by atoms with E-state index in [1.165, 1.54) is 7.11 Å². The maximum atomic E-state index is 12.2. The van der Waals surface area contributed by atoms with Gasteiger partial charge in [-0.3, -0.25) is 4.79 Å². The molecule has 6 heteroatoms. The average molecular weight is 379 g/mol. The molecule has 1 aromatic carbocycles. The number of rotatable bonds is 5. The molecule has 0 saturated heterocycles. The minimum Gasteiger partial charge on any atom is -0.465 e. The number of carbonyl (C=O) groups excluding carboxylic acids is 2. The van der Waals surface area contributed by atoms with E-state index in [0.717, 1.165) is 28.2 Å². The summed E-state index contributed by atoms with van der Waals surface area (Å²) in [6.07, 6.45) is 1.59. The molecule has 0 unspecified atom stereocenters. The van der Waals surface area contributed by atoms with E-state index in [-0.39, 0.29) is 11.6 Å². The predicted octanol–water partition coefficient (Wildman–Crippen LogP) is 3.62. The third kappa shape index (κ3) is 4.32. The number of ether oxygens (including phenoxy) is 1. The van der Waals surface area contributed by atoms with E-state index in [9.17, 15) is 14.9 Å². The molecule has 0 bridgehead atoms. The Balaban J connectivity index is 2.56. The molecular formula is C22H25N3O3. The lowest BCUT2D eigenvalue weighted by Crippen LogP contribution is -2.30. The average Bonchev–Trinajstić information content (AvgIpc) is 2.92. The molecule has 0 saturated carbocycles. The molecule has 28 heavy (non-hydrogen) atoms. The van der Waals surface area contributed by atoms with Crippen LogP contribution in [-0.4, -0.2) is 29.6 Å². The molecule has 0 radical (unpaired) electrons. The van der Waals surface area contributed by atoms with Crippen molar-refractivity contribution in [3.05, 3.63) is 57.9 Å². The van der Waals surface area contributed by atoms with E-state index in [1.807, 2.05) is 57.4 Å². The third-order valence-corrected chi connectivity index (χ3v) is 4.43. The summed E-state index contributed by atoms with van der Waals surface area (Å²) in [4.78, 5) is 24.1. The number of hydrogen-bond acceptors (Lipinski definition) is 4. The minimum atomic E-state index is -0.402. The second kappa shape index (κ2) is 8.57. The van der Waals surface area contributed by atoms with E-state index in [2.05, 4.69) is 5.32 Å². The Morgan fingerprint density at radius 3 is 2.46 bits per heavy atom. The highest BCUT2D eigenvalue weighted by Gasteiger charge is 2.16. The van der Waals surface area contributed by atoms with Gasteiger partial charge in [0.15, 0.2) is 0 Å². The van der Waals surface area contributed by atoms with E-state index < -0.39 is 11.9 Å². The van der Waals surface area contributed by atoms with Gasteiger partial charge in [-0.05, 0) is 70.0 Å². The van der Waals surface area contributed by atoms with Gasteiger partial charge in [0.1, 0.15) is 11.6 Å². The standard InChI is InChI=1S/C22H25N3O3/c1-13(2)24-21(26)19(12-23)10-18-9-15(4)25(16(18)5)20-11-17(22(27)28-6)8-7-14(20)3/h7-11,13H,1-6H3,(H,24,26)/b19-10-. The molecule has 1 amide bonds. The highest BCUT2D eigenvalue weighted by molar-refractivity contribution is 6.02. The van der Waals surface area contributed by atoms with Crippen LogP contribution in [0.15, 0.2) is 29.8 Å². The zero-order valence-electron chi connectivity index (χ0n) is 17.1. The van der Waals surface area contributed by atoms with Crippen molar-refractivity contribution in [2.75, 3.05) is 7.11 Å². The number of nitrogens with zero attached hydrogens (tertiary/aromatic N) is 2. The van der Waals surface area contributed by atoms with Gasteiger partial charge < -0.3 is 14.6 Å². The van der Waals surface area contributed by atoms with Gasteiger partial charge in [0, 0.05) is 23.1 Å². The summed E-state index contributed by atoms with van der Waals surface area (Å²) in [5, 5.41) is 12.1. The fourth-order valence-electron chi connectivity index (χ4n) is 3.04. The number of esters is 1. The Bertz CT molecular complexity index is 991. The fourth-order valence-corrected chi connectivity index (χ4v) is 3.04. The summed E-state index contributed by atoms with van der Waals surface area (Å²) in [7, 11) is 1.35. The molecule has 1 N–H and O–H groups in total. The van der Waals surface area contributed by atoms with Crippen LogP contribution in [0.1, 0.15) is 46.7 Å². The van der Waals surface area contributed by atoms with Crippen LogP contribution in [0.3, 0.4) is 0 Å². The number of benzene rings is 1. The Morgan fingerprint density at radius 1 is 1.21 bits per heavy atom. The van der Waals surface area contributed by atoms with Crippen LogP contribution in [-0.2, 0) is 9.53 Å². The summed E-state index contributed by atoms with van der Waals surface area (Å²) >= 11 is 0. The fraction of sp³-hybridized carbons (Fsp3) is 0.318. The van der Waals surface area contributed by atoms with Crippen LogP contribution >= 0.6 is 0 Å². The van der Waals surface area contributed by atoms with Gasteiger partial charge in [-0.1, -0.05) is 6.07 Å². The van der Waals surface area contributed by atoms with Crippen molar-refractivity contribution >= 4 is 18.0 Å². The molecule has 2 aromatic rings. The van der Waals surface area contributed by atoms with Crippen molar-refractivity contribution in [2.24, 2.45) is 0 Å². The van der Waals surface area contributed by atoms with Gasteiger partial charge in [-0.2, -0.15) is 5.26 Å². The molecule has 0 atom stereocenters. The zero-order chi connectivity index (χ0) is 21.0. The number of hydrogen-bond donors (Lipinski definition) is 1. The molecule has 1 aromatic heterocycles. The zero-order valence-corrected chi connectivity index (χ0v) is 17.1. The quantitative estimate of drug-likeness (QED) is 0.488. The molecule has 1 heterocycles. The Hall–Kier alpha value is -3.33. The molecule has 0 aliphatic carbocycles. The maximum absolute atomic E-state index is 12.2. The molecule has 0 spiro atoms. The van der Waals surface area contributed by atoms with Crippen molar-refractivity contribution in [2.45, 2.75) is 40.7 Å². The van der Waals surface area contributed by atoms with Crippen molar-refractivity contribution in [3.8, 4) is 11.8 Å². The first-order chi connectivity index (χ1) is 13.2. The van der Waals surface area contributed by atoms with Gasteiger partial charge in [0.25, 0.3) is 5.91 Å². The molecule has 0 fully saturated rings. The largest absolute Gasteiger partial charge is 0.465 e. The van der Waals surface area contributed by atoms with Crippen molar-refractivity contribution in [1.29, 1.82) is 5.26 Å². The Labute approximate surface area is 165 Å². The van der Waals surface area contributed by atoms with Crippen molar-refractivity contribution in [3.63, 3.8) is 0 Å². The molecule has 146 valence electrons. The lowest BCUT2D eigenvalue weighted by Gasteiger charge is -2.14. The van der Waals surface area contributed by atoms with Crippen LogP contribution in [0.25, 0.3) is 11.8 Å². The highest BCUT2D eigenvalue weighted by Crippen LogP contribution is 2.26. The number of amides is 1. The van der Waals surface area contributed by atoms with Crippen LogP contribution in [0, 0.1) is 32.1 Å². The van der Waals surface area contributed by atoms with Gasteiger partial charge in [-0.15, -0.1) is 0 Å². The van der Waals surface area contributed by atoms with E-state index >= 15 is 0 Å². The lowest BCUT2D eigenvalue weighted by molar-refractivity contribution is -0.117. The monoisotopic (exact) mass is 379 g/mol. The molecule has 2 rings (SSSR count). The third-order valence-electron chi connectivity index (χ3n) is 4.43. The first-order valence-corrected chi connectivity index (χ1v) is 9.00. The van der Waals surface area contributed by atoms with Gasteiger partial charge >= 0.3 is 5.97 Å². The smallest absolute Gasteiger partial charge is 0.337 e. The van der Waals surface area contributed by atoms with E-state index in [1.54, 1.807) is 18.2 Å². The van der Waals surface area contributed by atoms with Gasteiger partial charge in [-0.25, -0.2) is 4.79 Å². The Morgan fingerprint density at radius 2 is 1.89 bits per heavy atom. The highest BCUT2D eigenvalue weighted by atomic mass is 16.5. The van der Waals surface area contributed by atoms with Gasteiger partial charge in [0.05, 0.1) is 12.7 Å². The summed E-state index contributed by atoms with van der Waals surface area (Å²) in [6.45, 7) is 9.50. The summed E-state index contributed by atoms with van der Waals surface area (Å²) in [5.74, 6) is -0.799. The first kappa shape index (κ1) is 21.0. The maximum Gasteiger partial charge on any atom is 0.337 e. The van der Waals surface area contributed by atoms with Crippen LogP contribution in [0.4, 0.5) is 0 Å². The van der Waals surface area contributed by atoms with Gasteiger partial charge in [0.2, 0.25) is 0 Å². The second-order valence-electron chi connectivity index (χ2n) is 6.95. The van der Waals surface area contributed by atoms with Crippen LogP contribution < -0.4 is 5.32 Å². The summed E-state index contributed by atoms with van der Waals surface area (Å²) in [5.41, 5.74) is 4.92. The molecular weight excluding hydrogens is 354 g/mol. The summed E-state index contributed by atoms with van der Waals surface area (Å²) in [6, 6.07) is 9.21. The van der Waals surface area contributed by atoms with Crippen molar-refractivity contribution in [1.82, 2.24) is 9.88 Å². The van der Waals surface area contributed by atoms with Crippen LogP contribution in [0.2, 0.25) is 0 Å². The lowest BCUT2D eigenvalue weighted by atomic mass is 10.1. The topological polar surface area (TPSA) is 84.1 Å². The van der Waals surface area contributed by atoms with E-state index in [4.69, 9.17) is 4.74 Å². The molecule has 0 aliphatic heterocycles. The first-order valence-electron chi connectivity index (χ1n) is 9.00. The SMILES string of the molecule is COC(=O)c1ccc(C)c(-n2c(C)cc(/C=C(/C#N)C(=O)NC(C)C)c2C)c1. The Kier molecular flexibility index (Phi) is 6.42. The predicted molar refractivity (Wildman–Crippen MR) is 108 cm³/mol. The summed E-state index contributed by atoms with van der Waals surface area (Å²) < 4.78 is 6.82. The number of nitriles is 1. The number of aromatic nitrogens is 1. The molecule has 6 nitrogen and oxygen atoms in total. The number of methoxy groups -OCH3 is 1. The number of aryl methyl sites for hydroxylation is 2. The van der Waals surface area contributed by atoms with Crippen molar-refractivity contribution < 1.29 is 14.3 Å². The minimum absolute atomic E-state index is 0.0500. The number of nitrogens with one attached hydrogen (secondary N) is 1. The normalized spacial score (nSPS) is 11.3. The molecule has 0 aliphatic rings.